The van der Waals surface area contributed by atoms with Crippen LogP contribution in [-0.2, 0) is 11.2 Å². The van der Waals surface area contributed by atoms with Gasteiger partial charge in [0, 0.05) is 25.5 Å². The Morgan fingerprint density at radius 3 is 2.60 bits per heavy atom. The Labute approximate surface area is 119 Å². The molecule has 0 aliphatic rings. The molecule has 1 aromatic carbocycles. The molecule has 0 unspecified atom stereocenters. The fourth-order valence-electron chi connectivity index (χ4n) is 1.94. The first-order valence-electron chi connectivity index (χ1n) is 6.85. The van der Waals surface area contributed by atoms with Gasteiger partial charge < -0.3 is 9.73 Å². The number of nitrogens with one attached hydrogen (secondary N) is 1. The van der Waals surface area contributed by atoms with Crippen LogP contribution in [0, 0.1) is 0 Å². The van der Waals surface area contributed by atoms with E-state index < -0.39 is 0 Å². The Kier molecular flexibility index (Phi) is 4.56. The van der Waals surface area contributed by atoms with Gasteiger partial charge in [-0.05, 0) is 11.5 Å². The van der Waals surface area contributed by atoms with Gasteiger partial charge in [0.15, 0.2) is 11.7 Å². The minimum absolute atomic E-state index is 0.00830. The fraction of sp³-hybridized carbons (Fsp3) is 0.375. The number of hydrogen-bond acceptors (Lipinski definition) is 3. The van der Waals surface area contributed by atoms with Crippen LogP contribution in [0.15, 0.2) is 34.9 Å². The topological polar surface area (TPSA) is 55.1 Å². The highest BCUT2D eigenvalue weighted by Crippen LogP contribution is 2.23. The molecule has 1 N–H and O–H groups in total. The second kappa shape index (κ2) is 6.37. The van der Waals surface area contributed by atoms with Gasteiger partial charge in [-0.3, -0.25) is 4.79 Å². The minimum Gasteiger partial charge on any atom is -0.441 e. The van der Waals surface area contributed by atoms with E-state index in [0.717, 1.165) is 11.3 Å². The summed E-state index contributed by atoms with van der Waals surface area (Å²) in [6.45, 7) is 4.33. The summed E-state index contributed by atoms with van der Waals surface area (Å²) in [5.41, 5.74) is 2.31. The maximum atomic E-state index is 11.2. The van der Waals surface area contributed by atoms with Gasteiger partial charge in [-0.1, -0.05) is 38.1 Å². The van der Waals surface area contributed by atoms with Crippen LogP contribution in [0.5, 0.6) is 0 Å². The van der Waals surface area contributed by atoms with E-state index in [0.29, 0.717) is 24.7 Å². The summed E-state index contributed by atoms with van der Waals surface area (Å²) in [5.74, 6) is 1.84. The van der Waals surface area contributed by atoms with E-state index in [1.54, 1.807) is 13.2 Å². The van der Waals surface area contributed by atoms with Crippen LogP contribution in [0.2, 0.25) is 0 Å². The largest absolute Gasteiger partial charge is 0.441 e. The summed E-state index contributed by atoms with van der Waals surface area (Å²) >= 11 is 0. The highest BCUT2D eigenvalue weighted by molar-refractivity contribution is 5.75. The molecule has 2 aromatic rings. The van der Waals surface area contributed by atoms with Gasteiger partial charge in [0.2, 0.25) is 5.91 Å². The Balaban J connectivity index is 2.06. The molecule has 0 saturated carbocycles. The van der Waals surface area contributed by atoms with Crippen LogP contribution in [0.25, 0.3) is 11.3 Å². The number of benzene rings is 1. The quantitative estimate of drug-likeness (QED) is 0.909. The van der Waals surface area contributed by atoms with Crippen LogP contribution in [0.4, 0.5) is 0 Å². The molecule has 4 nitrogen and oxygen atoms in total. The molecule has 20 heavy (non-hydrogen) atoms. The molecule has 0 radical (unpaired) electrons. The number of aryl methyl sites for hydroxylation is 1. The summed E-state index contributed by atoms with van der Waals surface area (Å²) in [6.07, 6.45) is 2.62. The Morgan fingerprint density at radius 1 is 1.30 bits per heavy atom. The summed E-state index contributed by atoms with van der Waals surface area (Å²) < 4.78 is 5.67. The van der Waals surface area contributed by atoms with Crippen LogP contribution in [0.1, 0.15) is 37.6 Å². The number of aromatic nitrogens is 1. The van der Waals surface area contributed by atoms with Gasteiger partial charge in [-0.2, -0.15) is 0 Å². The predicted octanol–water partition coefficient (Wildman–Crippen LogP) is 3.14. The van der Waals surface area contributed by atoms with Crippen LogP contribution >= 0.6 is 0 Å². The Hall–Kier alpha value is -2.10. The second-order valence-electron chi connectivity index (χ2n) is 5.07. The van der Waals surface area contributed by atoms with E-state index in [4.69, 9.17) is 4.42 Å². The minimum atomic E-state index is -0.00830. The van der Waals surface area contributed by atoms with Crippen molar-refractivity contribution >= 4 is 5.91 Å². The number of nitrogens with zero attached hydrogens (tertiary/aromatic N) is 1. The molecule has 1 aromatic heterocycles. The molecule has 0 fully saturated rings. The first-order chi connectivity index (χ1) is 9.60. The average Bonchev–Trinajstić information content (AvgIpc) is 2.93. The molecule has 0 aliphatic heterocycles. The third-order valence-corrected chi connectivity index (χ3v) is 3.26. The summed E-state index contributed by atoms with van der Waals surface area (Å²) in [7, 11) is 1.62. The zero-order chi connectivity index (χ0) is 14.5. The maximum Gasteiger partial charge on any atom is 0.220 e. The van der Waals surface area contributed by atoms with Crippen molar-refractivity contribution in [3.63, 3.8) is 0 Å². The average molecular weight is 272 g/mol. The van der Waals surface area contributed by atoms with Gasteiger partial charge in [0.1, 0.15) is 0 Å². The number of carbonyl (C=O) groups excluding carboxylic acids is 1. The monoisotopic (exact) mass is 272 g/mol. The Morgan fingerprint density at radius 2 is 2.00 bits per heavy atom. The number of oxazole rings is 1. The third kappa shape index (κ3) is 3.47. The number of carbonyl (C=O) groups is 1. The van der Waals surface area contributed by atoms with Crippen molar-refractivity contribution in [3.05, 3.63) is 41.9 Å². The normalized spacial score (nSPS) is 10.8. The molecule has 1 amide bonds. The maximum absolute atomic E-state index is 11.2. The Bertz CT molecular complexity index is 570. The lowest BCUT2D eigenvalue weighted by atomic mass is 10.0. The standard InChI is InChI=1S/C16H20N2O2/c1-11(2)12-4-6-13(7-5-12)14-10-18-16(20-14)9-8-15(19)17-3/h4-7,10-11H,8-9H2,1-3H3,(H,17,19). The van der Waals surface area contributed by atoms with E-state index in [9.17, 15) is 4.79 Å². The summed E-state index contributed by atoms with van der Waals surface area (Å²) in [5, 5.41) is 2.58. The van der Waals surface area contributed by atoms with Crippen molar-refractivity contribution in [1.29, 1.82) is 0 Å². The van der Waals surface area contributed by atoms with Crippen LogP contribution in [0.3, 0.4) is 0 Å². The van der Waals surface area contributed by atoms with Gasteiger partial charge >= 0.3 is 0 Å². The van der Waals surface area contributed by atoms with Crippen LogP contribution < -0.4 is 5.32 Å². The van der Waals surface area contributed by atoms with Crippen molar-refractivity contribution in [3.8, 4) is 11.3 Å². The van der Waals surface area contributed by atoms with E-state index in [2.05, 4.69) is 36.3 Å². The molecule has 0 spiro atoms. The van der Waals surface area contributed by atoms with E-state index in [1.807, 2.05) is 12.1 Å². The van der Waals surface area contributed by atoms with Gasteiger partial charge in [-0.25, -0.2) is 4.98 Å². The van der Waals surface area contributed by atoms with Gasteiger partial charge in [0.05, 0.1) is 6.20 Å². The summed E-state index contributed by atoms with van der Waals surface area (Å²) in [4.78, 5) is 15.4. The van der Waals surface area contributed by atoms with E-state index in [1.165, 1.54) is 5.56 Å². The molecule has 1 heterocycles. The predicted molar refractivity (Wildman–Crippen MR) is 78.4 cm³/mol. The molecule has 2 rings (SSSR count). The molecular formula is C16H20N2O2. The van der Waals surface area contributed by atoms with Crippen molar-refractivity contribution in [2.75, 3.05) is 7.05 Å². The molecule has 4 heteroatoms. The first kappa shape index (κ1) is 14.3. The van der Waals surface area contributed by atoms with E-state index in [-0.39, 0.29) is 5.91 Å². The molecule has 0 saturated heterocycles. The smallest absolute Gasteiger partial charge is 0.220 e. The van der Waals surface area contributed by atoms with Crippen molar-refractivity contribution in [2.45, 2.75) is 32.6 Å². The van der Waals surface area contributed by atoms with Gasteiger partial charge in [-0.15, -0.1) is 0 Å². The lowest BCUT2D eigenvalue weighted by molar-refractivity contribution is -0.120. The van der Waals surface area contributed by atoms with Crippen molar-refractivity contribution < 1.29 is 9.21 Å². The first-order valence-corrected chi connectivity index (χ1v) is 6.85. The highest BCUT2D eigenvalue weighted by atomic mass is 16.4. The molecule has 0 aliphatic carbocycles. The number of hydrogen-bond donors (Lipinski definition) is 1. The second-order valence-corrected chi connectivity index (χ2v) is 5.07. The lowest BCUT2D eigenvalue weighted by Gasteiger charge is -2.05. The number of rotatable bonds is 5. The van der Waals surface area contributed by atoms with E-state index >= 15 is 0 Å². The molecule has 106 valence electrons. The number of amides is 1. The SMILES string of the molecule is CNC(=O)CCc1ncc(-c2ccc(C(C)C)cc2)o1. The zero-order valence-electron chi connectivity index (χ0n) is 12.1. The third-order valence-electron chi connectivity index (χ3n) is 3.26. The van der Waals surface area contributed by atoms with Gasteiger partial charge in [0.25, 0.3) is 0 Å². The summed E-state index contributed by atoms with van der Waals surface area (Å²) in [6, 6.07) is 8.29. The molecule has 0 atom stereocenters. The highest BCUT2D eigenvalue weighted by Gasteiger charge is 2.08. The molecular weight excluding hydrogens is 252 g/mol. The van der Waals surface area contributed by atoms with Crippen LogP contribution in [-0.4, -0.2) is 17.9 Å². The molecule has 0 bridgehead atoms. The fourth-order valence-corrected chi connectivity index (χ4v) is 1.94. The lowest BCUT2D eigenvalue weighted by Crippen LogP contribution is -2.17. The zero-order valence-corrected chi connectivity index (χ0v) is 12.1. The van der Waals surface area contributed by atoms with Crippen molar-refractivity contribution in [1.82, 2.24) is 10.3 Å². The van der Waals surface area contributed by atoms with Crippen molar-refractivity contribution in [2.24, 2.45) is 0 Å².